The van der Waals surface area contributed by atoms with E-state index in [1.807, 2.05) is 59.3 Å². The van der Waals surface area contributed by atoms with Gasteiger partial charge in [-0.2, -0.15) is 11.8 Å². The van der Waals surface area contributed by atoms with E-state index in [1.165, 1.54) is 11.3 Å². The summed E-state index contributed by atoms with van der Waals surface area (Å²) >= 11 is 3.26. The van der Waals surface area contributed by atoms with Crippen molar-refractivity contribution in [3.8, 4) is 10.8 Å². The summed E-state index contributed by atoms with van der Waals surface area (Å²) < 4.78 is 8.84. The van der Waals surface area contributed by atoms with Gasteiger partial charge >= 0.3 is 0 Å². The van der Waals surface area contributed by atoms with Crippen LogP contribution in [0.5, 0.6) is 0 Å². The van der Waals surface area contributed by atoms with Gasteiger partial charge in [-0.1, -0.05) is 18.2 Å². The third kappa shape index (κ3) is 3.94. The van der Waals surface area contributed by atoms with Crippen LogP contribution in [0, 0.1) is 0 Å². The van der Waals surface area contributed by atoms with E-state index in [-0.39, 0.29) is 17.7 Å². The van der Waals surface area contributed by atoms with E-state index >= 15 is 0 Å². The zero-order chi connectivity index (χ0) is 21.2. The predicted molar refractivity (Wildman–Crippen MR) is 124 cm³/mol. The number of nitrogens with one attached hydrogen (secondary N) is 1. The van der Waals surface area contributed by atoms with Gasteiger partial charge in [0.1, 0.15) is 0 Å². The lowest BCUT2D eigenvalue weighted by Crippen LogP contribution is -2.30. The zero-order valence-electron chi connectivity index (χ0n) is 16.7. The SMILES string of the molecule is CSCCC(NC(=O)c1ccc(-c2nc3ccccc3s2)o1)c1nnc2ccccn12. The number of fused-ring (bicyclic) bond motifs is 2. The van der Waals surface area contributed by atoms with Gasteiger partial charge in [0.15, 0.2) is 28.0 Å². The highest BCUT2D eigenvalue weighted by molar-refractivity contribution is 7.98. The molecule has 0 spiro atoms. The van der Waals surface area contributed by atoms with E-state index in [4.69, 9.17) is 4.42 Å². The number of thioether (sulfide) groups is 1. The van der Waals surface area contributed by atoms with Crippen molar-refractivity contribution >= 4 is 44.9 Å². The second-order valence-electron chi connectivity index (χ2n) is 6.95. The predicted octanol–water partition coefficient (Wildman–Crippen LogP) is 4.82. The van der Waals surface area contributed by atoms with E-state index in [2.05, 4.69) is 20.5 Å². The first-order valence-electron chi connectivity index (χ1n) is 9.78. The lowest BCUT2D eigenvalue weighted by molar-refractivity contribution is 0.0906. The Morgan fingerprint density at radius 3 is 2.90 bits per heavy atom. The largest absolute Gasteiger partial charge is 0.448 e. The Balaban J connectivity index is 1.39. The quantitative estimate of drug-likeness (QED) is 0.383. The van der Waals surface area contributed by atoms with Crippen molar-refractivity contribution in [1.82, 2.24) is 24.9 Å². The van der Waals surface area contributed by atoms with Crippen LogP contribution in [-0.4, -0.2) is 37.5 Å². The van der Waals surface area contributed by atoms with Gasteiger partial charge < -0.3 is 9.73 Å². The monoisotopic (exact) mass is 449 g/mol. The molecule has 7 nitrogen and oxygen atoms in total. The average molecular weight is 450 g/mol. The normalized spacial score (nSPS) is 12.4. The molecule has 4 aromatic heterocycles. The van der Waals surface area contributed by atoms with E-state index in [9.17, 15) is 4.79 Å². The van der Waals surface area contributed by atoms with Crippen molar-refractivity contribution in [3.63, 3.8) is 0 Å². The van der Waals surface area contributed by atoms with Crippen LogP contribution < -0.4 is 5.32 Å². The molecule has 156 valence electrons. The van der Waals surface area contributed by atoms with Gasteiger partial charge in [0.25, 0.3) is 5.91 Å². The maximum Gasteiger partial charge on any atom is 0.287 e. The molecular formula is C22H19N5O2S2. The highest BCUT2D eigenvalue weighted by Gasteiger charge is 2.23. The molecular weight excluding hydrogens is 430 g/mol. The lowest BCUT2D eigenvalue weighted by Gasteiger charge is -2.16. The number of carbonyl (C=O) groups excluding carboxylic acids is 1. The fourth-order valence-electron chi connectivity index (χ4n) is 3.38. The standard InChI is InChI=1S/C22H19N5O2S2/c1-30-13-11-15(20-26-25-19-8-4-5-12-27(19)20)23-21(28)16-9-10-17(29-16)22-24-14-6-2-3-7-18(14)31-22/h2-10,12,15H,11,13H2,1H3,(H,23,28). The fraction of sp³-hybridized carbons (Fsp3) is 0.182. The Kier molecular flexibility index (Phi) is 5.44. The first kappa shape index (κ1) is 19.8. The lowest BCUT2D eigenvalue weighted by atomic mass is 10.2. The van der Waals surface area contributed by atoms with Gasteiger partial charge in [0, 0.05) is 6.20 Å². The minimum Gasteiger partial charge on any atom is -0.448 e. The molecule has 0 aliphatic rings. The summed E-state index contributed by atoms with van der Waals surface area (Å²) in [5.74, 6) is 2.13. The number of hydrogen-bond acceptors (Lipinski definition) is 7. The Morgan fingerprint density at radius 1 is 1.16 bits per heavy atom. The Morgan fingerprint density at radius 2 is 2.03 bits per heavy atom. The summed E-state index contributed by atoms with van der Waals surface area (Å²) in [6.45, 7) is 0. The third-order valence-corrected chi connectivity index (χ3v) is 6.60. The van der Waals surface area contributed by atoms with Crippen LogP contribution in [0.2, 0.25) is 0 Å². The number of para-hydroxylation sites is 1. The molecule has 5 aromatic rings. The van der Waals surface area contributed by atoms with Crippen molar-refractivity contribution in [2.24, 2.45) is 0 Å². The molecule has 0 fully saturated rings. The zero-order valence-corrected chi connectivity index (χ0v) is 18.3. The average Bonchev–Trinajstić information content (AvgIpc) is 3.54. The van der Waals surface area contributed by atoms with Crippen LogP contribution in [0.1, 0.15) is 28.8 Å². The molecule has 31 heavy (non-hydrogen) atoms. The minimum absolute atomic E-state index is 0.247. The second kappa shape index (κ2) is 8.52. The molecule has 1 unspecified atom stereocenters. The molecule has 0 radical (unpaired) electrons. The fourth-order valence-corrected chi connectivity index (χ4v) is 4.78. The number of thiazole rings is 1. The molecule has 0 bridgehead atoms. The third-order valence-electron chi connectivity index (χ3n) is 4.90. The van der Waals surface area contributed by atoms with Crippen LogP contribution in [0.25, 0.3) is 26.6 Å². The smallest absolute Gasteiger partial charge is 0.287 e. The summed E-state index contributed by atoms with van der Waals surface area (Å²) in [6.07, 6.45) is 4.67. The van der Waals surface area contributed by atoms with E-state index < -0.39 is 0 Å². The van der Waals surface area contributed by atoms with Gasteiger partial charge in [-0.15, -0.1) is 21.5 Å². The molecule has 0 saturated carbocycles. The van der Waals surface area contributed by atoms with Crippen LogP contribution in [0.4, 0.5) is 0 Å². The Labute approximate surface area is 186 Å². The van der Waals surface area contributed by atoms with Crippen LogP contribution in [-0.2, 0) is 0 Å². The number of carbonyl (C=O) groups is 1. The number of hydrogen-bond donors (Lipinski definition) is 1. The van der Waals surface area contributed by atoms with E-state index in [0.717, 1.165) is 33.0 Å². The van der Waals surface area contributed by atoms with Gasteiger partial charge in [0.2, 0.25) is 0 Å². The first-order valence-corrected chi connectivity index (χ1v) is 12.0. The number of amides is 1. The topological polar surface area (TPSA) is 85.3 Å². The molecule has 0 saturated heterocycles. The van der Waals surface area contributed by atoms with Crippen LogP contribution >= 0.6 is 23.1 Å². The maximum atomic E-state index is 13.0. The van der Waals surface area contributed by atoms with Crippen molar-refractivity contribution in [2.75, 3.05) is 12.0 Å². The summed E-state index contributed by atoms with van der Waals surface area (Å²) in [5.41, 5.74) is 1.66. The molecule has 1 N–H and O–H groups in total. The number of rotatable bonds is 7. The Hall–Kier alpha value is -3.17. The molecule has 1 atom stereocenters. The van der Waals surface area contributed by atoms with E-state index in [0.29, 0.717) is 11.6 Å². The van der Waals surface area contributed by atoms with Crippen LogP contribution in [0.3, 0.4) is 0 Å². The van der Waals surface area contributed by atoms with Crippen LogP contribution in [0.15, 0.2) is 65.2 Å². The number of benzene rings is 1. The van der Waals surface area contributed by atoms with Crippen molar-refractivity contribution in [2.45, 2.75) is 12.5 Å². The molecule has 0 aliphatic heterocycles. The van der Waals surface area contributed by atoms with Gasteiger partial charge in [-0.3, -0.25) is 9.20 Å². The molecule has 9 heteroatoms. The van der Waals surface area contributed by atoms with Crippen molar-refractivity contribution in [3.05, 3.63) is 72.4 Å². The molecule has 4 heterocycles. The van der Waals surface area contributed by atoms with Gasteiger partial charge in [0.05, 0.1) is 16.3 Å². The Bertz CT molecular complexity index is 1320. The molecule has 5 rings (SSSR count). The highest BCUT2D eigenvalue weighted by Crippen LogP contribution is 2.31. The summed E-state index contributed by atoms with van der Waals surface area (Å²) in [7, 11) is 0. The van der Waals surface area contributed by atoms with Crippen molar-refractivity contribution in [1.29, 1.82) is 0 Å². The highest BCUT2D eigenvalue weighted by atomic mass is 32.2. The number of pyridine rings is 1. The number of furan rings is 1. The minimum atomic E-state index is -0.286. The summed E-state index contributed by atoms with van der Waals surface area (Å²) in [6, 6.07) is 16.8. The number of nitrogens with zero attached hydrogens (tertiary/aromatic N) is 4. The van der Waals surface area contributed by atoms with Crippen molar-refractivity contribution < 1.29 is 9.21 Å². The maximum absolute atomic E-state index is 13.0. The first-order chi connectivity index (χ1) is 15.2. The molecule has 1 aromatic carbocycles. The van der Waals surface area contributed by atoms with Gasteiger partial charge in [-0.05, 0) is 54.8 Å². The number of aromatic nitrogens is 4. The summed E-state index contributed by atoms with van der Waals surface area (Å²) in [4.78, 5) is 17.6. The van der Waals surface area contributed by atoms with E-state index in [1.54, 1.807) is 23.9 Å². The molecule has 1 amide bonds. The van der Waals surface area contributed by atoms with Gasteiger partial charge in [-0.25, -0.2) is 4.98 Å². The summed E-state index contributed by atoms with van der Waals surface area (Å²) in [5, 5.41) is 12.4. The second-order valence-corrected chi connectivity index (χ2v) is 8.96. The molecule has 0 aliphatic carbocycles.